The lowest BCUT2D eigenvalue weighted by Crippen LogP contribution is -2.14. The predicted octanol–water partition coefficient (Wildman–Crippen LogP) is 3.06. The zero-order chi connectivity index (χ0) is 15.9. The number of methoxy groups -OCH3 is 1. The van der Waals surface area contributed by atoms with E-state index >= 15 is 0 Å². The summed E-state index contributed by atoms with van der Waals surface area (Å²) in [5.41, 5.74) is 1.63. The van der Waals surface area contributed by atoms with Gasteiger partial charge in [-0.1, -0.05) is 18.2 Å². The van der Waals surface area contributed by atoms with Crippen LogP contribution in [-0.4, -0.2) is 37.1 Å². The van der Waals surface area contributed by atoms with Gasteiger partial charge in [0.15, 0.2) is 6.29 Å². The summed E-state index contributed by atoms with van der Waals surface area (Å²) < 4.78 is 12.1. The quantitative estimate of drug-likeness (QED) is 0.427. The van der Waals surface area contributed by atoms with Crippen LogP contribution in [0.5, 0.6) is 0 Å². The zero-order valence-electron chi connectivity index (χ0n) is 13.0. The summed E-state index contributed by atoms with van der Waals surface area (Å²) in [6.07, 6.45) is 2.49. The fourth-order valence-corrected chi connectivity index (χ4v) is 2.62. The molecule has 0 fully saturated rings. The molecule has 0 bridgehead atoms. The number of nitrogens with zero attached hydrogens (tertiary/aromatic N) is 1. The molecule has 0 aliphatic carbocycles. The standard InChI is InChI=1S/C17H21NO4/c1-3-22-17(20)16-14(12-19)13-8-4-5-9-15(13)18(16)10-6-7-11-21-2/h4-5,8-9,12H,3,6-7,10-11H2,1-2H3. The largest absolute Gasteiger partial charge is 0.461 e. The van der Waals surface area contributed by atoms with Gasteiger partial charge in [0.25, 0.3) is 0 Å². The number of benzene rings is 1. The van der Waals surface area contributed by atoms with Crippen LogP contribution in [0, 0.1) is 0 Å². The minimum atomic E-state index is -0.451. The molecular weight excluding hydrogens is 282 g/mol. The lowest BCUT2D eigenvalue weighted by atomic mass is 10.1. The lowest BCUT2D eigenvalue weighted by molar-refractivity contribution is 0.0512. The summed E-state index contributed by atoms with van der Waals surface area (Å²) in [7, 11) is 1.67. The molecule has 1 aromatic carbocycles. The second kappa shape index (κ2) is 7.75. The van der Waals surface area contributed by atoms with Crippen LogP contribution in [0.4, 0.5) is 0 Å². The summed E-state index contributed by atoms with van der Waals surface area (Å²) in [5.74, 6) is -0.451. The zero-order valence-corrected chi connectivity index (χ0v) is 13.0. The second-order valence-electron chi connectivity index (χ2n) is 4.97. The maximum absolute atomic E-state index is 12.3. The highest BCUT2D eigenvalue weighted by atomic mass is 16.5. The maximum Gasteiger partial charge on any atom is 0.355 e. The average molecular weight is 303 g/mol. The van der Waals surface area contributed by atoms with E-state index in [4.69, 9.17) is 9.47 Å². The Morgan fingerprint density at radius 1 is 1.27 bits per heavy atom. The number of carbonyl (C=O) groups is 2. The molecule has 0 aliphatic heterocycles. The number of esters is 1. The van der Waals surface area contributed by atoms with Gasteiger partial charge in [0.2, 0.25) is 0 Å². The number of hydrogen-bond acceptors (Lipinski definition) is 4. The summed E-state index contributed by atoms with van der Waals surface area (Å²) in [5, 5.41) is 0.785. The topological polar surface area (TPSA) is 57.5 Å². The van der Waals surface area contributed by atoms with Gasteiger partial charge in [0, 0.05) is 31.2 Å². The van der Waals surface area contributed by atoms with Gasteiger partial charge < -0.3 is 14.0 Å². The van der Waals surface area contributed by atoms with Crippen LogP contribution in [0.25, 0.3) is 10.9 Å². The number of para-hydroxylation sites is 1. The molecule has 22 heavy (non-hydrogen) atoms. The van der Waals surface area contributed by atoms with Gasteiger partial charge in [-0.05, 0) is 25.8 Å². The second-order valence-corrected chi connectivity index (χ2v) is 4.97. The van der Waals surface area contributed by atoms with Crippen LogP contribution in [0.15, 0.2) is 24.3 Å². The highest BCUT2D eigenvalue weighted by Gasteiger charge is 2.23. The van der Waals surface area contributed by atoms with Crippen molar-refractivity contribution >= 4 is 23.2 Å². The van der Waals surface area contributed by atoms with Crippen molar-refractivity contribution < 1.29 is 19.1 Å². The van der Waals surface area contributed by atoms with E-state index in [-0.39, 0.29) is 6.61 Å². The Bertz CT molecular complexity index is 660. The number of rotatable bonds is 8. The first-order valence-electron chi connectivity index (χ1n) is 7.47. The molecular formula is C17H21NO4. The fraction of sp³-hybridized carbons (Fsp3) is 0.412. The summed E-state index contributed by atoms with van der Waals surface area (Å²) in [6, 6.07) is 7.53. The Morgan fingerprint density at radius 2 is 2.05 bits per heavy atom. The third-order valence-electron chi connectivity index (χ3n) is 3.58. The highest BCUT2D eigenvalue weighted by molar-refractivity contribution is 6.08. The van der Waals surface area contributed by atoms with E-state index in [0.29, 0.717) is 24.4 Å². The average Bonchev–Trinajstić information content (AvgIpc) is 2.85. The third kappa shape index (κ3) is 3.20. The molecule has 0 aliphatic rings. The molecule has 0 amide bonds. The Morgan fingerprint density at radius 3 is 2.73 bits per heavy atom. The van der Waals surface area contributed by atoms with E-state index in [9.17, 15) is 9.59 Å². The molecule has 2 aromatic rings. The van der Waals surface area contributed by atoms with Crippen LogP contribution < -0.4 is 0 Å². The third-order valence-corrected chi connectivity index (χ3v) is 3.58. The molecule has 1 heterocycles. The molecule has 5 heteroatoms. The van der Waals surface area contributed by atoms with Crippen LogP contribution in [0.1, 0.15) is 40.6 Å². The molecule has 0 spiro atoms. The van der Waals surface area contributed by atoms with Gasteiger partial charge in [0.05, 0.1) is 12.2 Å². The minimum absolute atomic E-state index is 0.280. The van der Waals surface area contributed by atoms with Gasteiger partial charge in [-0.2, -0.15) is 0 Å². The predicted molar refractivity (Wildman–Crippen MR) is 84.4 cm³/mol. The van der Waals surface area contributed by atoms with Crippen LogP contribution >= 0.6 is 0 Å². The fourth-order valence-electron chi connectivity index (χ4n) is 2.62. The van der Waals surface area contributed by atoms with Gasteiger partial charge in [-0.15, -0.1) is 0 Å². The van der Waals surface area contributed by atoms with Crippen molar-refractivity contribution in [2.45, 2.75) is 26.3 Å². The normalized spacial score (nSPS) is 10.8. The molecule has 0 unspecified atom stereocenters. The summed E-state index contributed by atoms with van der Waals surface area (Å²) >= 11 is 0. The number of ether oxygens (including phenoxy) is 2. The summed E-state index contributed by atoms with van der Waals surface area (Å²) in [6.45, 7) is 3.35. The Hall–Kier alpha value is -2.14. The van der Waals surface area contributed by atoms with Crippen molar-refractivity contribution in [2.24, 2.45) is 0 Å². The first-order valence-corrected chi connectivity index (χ1v) is 7.47. The highest BCUT2D eigenvalue weighted by Crippen LogP contribution is 2.26. The van der Waals surface area contributed by atoms with Crippen LogP contribution in [0.2, 0.25) is 0 Å². The van der Waals surface area contributed by atoms with E-state index in [1.54, 1.807) is 14.0 Å². The van der Waals surface area contributed by atoms with Crippen molar-refractivity contribution in [2.75, 3.05) is 20.3 Å². The van der Waals surface area contributed by atoms with Gasteiger partial charge in [-0.3, -0.25) is 4.79 Å². The van der Waals surface area contributed by atoms with Crippen molar-refractivity contribution in [1.29, 1.82) is 0 Å². The number of aromatic nitrogens is 1. The number of carbonyl (C=O) groups excluding carboxylic acids is 2. The number of fused-ring (bicyclic) bond motifs is 1. The number of hydrogen-bond donors (Lipinski definition) is 0. The first-order chi connectivity index (χ1) is 10.7. The molecule has 0 saturated carbocycles. The monoisotopic (exact) mass is 303 g/mol. The lowest BCUT2D eigenvalue weighted by Gasteiger charge is -2.10. The smallest absolute Gasteiger partial charge is 0.355 e. The number of aryl methyl sites for hydroxylation is 1. The molecule has 0 atom stereocenters. The van der Waals surface area contributed by atoms with Crippen molar-refractivity contribution in [3.8, 4) is 0 Å². The minimum Gasteiger partial charge on any atom is -0.461 e. The Labute approximate surface area is 129 Å². The van der Waals surface area contributed by atoms with Gasteiger partial charge in [0.1, 0.15) is 5.69 Å². The Kier molecular flexibility index (Phi) is 5.72. The molecule has 0 radical (unpaired) electrons. The van der Waals surface area contributed by atoms with Crippen LogP contribution in [0.3, 0.4) is 0 Å². The van der Waals surface area contributed by atoms with E-state index in [1.807, 2.05) is 28.8 Å². The molecule has 0 N–H and O–H groups in total. The van der Waals surface area contributed by atoms with E-state index in [1.165, 1.54) is 0 Å². The molecule has 118 valence electrons. The molecule has 0 saturated heterocycles. The van der Waals surface area contributed by atoms with Crippen molar-refractivity contribution in [1.82, 2.24) is 4.57 Å². The van der Waals surface area contributed by atoms with Gasteiger partial charge >= 0.3 is 5.97 Å². The van der Waals surface area contributed by atoms with Crippen LogP contribution in [-0.2, 0) is 16.0 Å². The first kappa shape index (κ1) is 16.2. The van der Waals surface area contributed by atoms with Crippen molar-refractivity contribution in [3.05, 3.63) is 35.5 Å². The number of aldehydes is 1. The molecule has 5 nitrogen and oxygen atoms in total. The van der Waals surface area contributed by atoms with E-state index in [0.717, 1.165) is 30.0 Å². The van der Waals surface area contributed by atoms with E-state index in [2.05, 4.69) is 0 Å². The molecule has 1 aromatic heterocycles. The van der Waals surface area contributed by atoms with Crippen molar-refractivity contribution in [3.63, 3.8) is 0 Å². The van der Waals surface area contributed by atoms with Gasteiger partial charge in [-0.25, -0.2) is 4.79 Å². The SMILES string of the molecule is CCOC(=O)c1c(C=O)c2ccccc2n1CCCCOC. The maximum atomic E-state index is 12.3. The Balaban J connectivity index is 2.47. The van der Waals surface area contributed by atoms with E-state index < -0.39 is 5.97 Å². The molecule has 2 rings (SSSR count). The summed E-state index contributed by atoms with van der Waals surface area (Å²) in [4.78, 5) is 23.8. The number of unbranched alkanes of at least 4 members (excludes halogenated alkanes) is 1.